The third kappa shape index (κ3) is 4.86. The molecule has 2 heterocycles. The number of amides is 2. The Kier molecular flexibility index (Phi) is 7.23. The monoisotopic (exact) mass is 385 g/mol. The van der Waals surface area contributed by atoms with Gasteiger partial charge in [-0.25, -0.2) is 4.39 Å². The van der Waals surface area contributed by atoms with Crippen molar-refractivity contribution in [3.05, 3.63) is 30.1 Å². The Morgan fingerprint density at radius 2 is 1.73 bits per heavy atom. The summed E-state index contributed by atoms with van der Waals surface area (Å²) >= 11 is 0. The number of benzene rings is 1. The highest BCUT2D eigenvalue weighted by Crippen LogP contribution is 2.19. The highest BCUT2D eigenvalue weighted by molar-refractivity contribution is 5.85. The Hall–Kier alpha value is -1.86. The third-order valence-corrected chi connectivity index (χ3v) is 5.03. The molecule has 2 aliphatic rings. The number of carbonyl (C=O) groups excluding carboxylic acids is 2. The van der Waals surface area contributed by atoms with E-state index in [1.54, 1.807) is 4.90 Å². The van der Waals surface area contributed by atoms with Crippen molar-refractivity contribution in [3.63, 3.8) is 0 Å². The maximum absolute atomic E-state index is 12.8. The van der Waals surface area contributed by atoms with E-state index >= 15 is 0 Å². The van der Waals surface area contributed by atoms with Gasteiger partial charge in [0.25, 0.3) is 5.91 Å². The van der Waals surface area contributed by atoms with Crippen LogP contribution in [0.2, 0.25) is 0 Å². The van der Waals surface area contributed by atoms with Crippen LogP contribution in [-0.2, 0) is 9.59 Å². The van der Waals surface area contributed by atoms with Crippen LogP contribution in [0.3, 0.4) is 0 Å². The van der Waals surface area contributed by atoms with Gasteiger partial charge < -0.3 is 19.9 Å². The number of hydrogen-bond acceptors (Lipinski definition) is 4. The molecule has 144 valence electrons. The molecule has 0 spiro atoms. The summed E-state index contributed by atoms with van der Waals surface area (Å²) in [6.45, 7) is 5.89. The number of ether oxygens (including phenoxy) is 1. The van der Waals surface area contributed by atoms with Crippen LogP contribution in [0.25, 0.3) is 0 Å². The van der Waals surface area contributed by atoms with Crippen molar-refractivity contribution in [1.82, 2.24) is 15.1 Å². The zero-order valence-electron chi connectivity index (χ0n) is 14.8. The highest BCUT2D eigenvalue weighted by Gasteiger charge is 2.33. The molecule has 1 atom stereocenters. The summed E-state index contributed by atoms with van der Waals surface area (Å²) in [6.07, 6.45) is 0. The van der Waals surface area contributed by atoms with E-state index in [1.807, 2.05) is 11.8 Å². The largest absolute Gasteiger partial charge is 0.484 e. The summed E-state index contributed by atoms with van der Waals surface area (Å²) in [5.74, 6) is 0.647. The van der Waals surface area contributed by atoms with Gasteiger partial charge in [-0.2, -0.15) is 0 Å². The number of nitrogens with zero attached hydrogens (tertiary/aromatic N) is 2. The number of carbonyl (C=O) groups is 2. The summed E-state index contributed by atoms with van der Waals surface area (Å²) < 4.78 is 18.2. The number of nitrogens with one attached hydrogen (secondary N) is 1. The van der Waals surface area contributed by atoms with Gasteiger partial charge in [0.05, 0.1) is 0 Å². The van der Waals surface area contributed by atoms with Gasteiger partial charge in [-0.3, -0.25) is 9.59 Å². The third-order valence-electron chi connectivity index (χ3n) is 5.03. The fraction of sp³-hybridized carbons (Fsp3) is 0.556. The van der Waals surface area contributed by atoms with Crippen LogP contribution in [0, 0.1) is 17.7 Å². The van der Waals surface area contributed by atoms with E-state index in [0.717, 1.165) is 13.1 Å². The first-order chi connectivity index (χ1) is 12.0. The average Bonchev–Trinajstić information content (AvgIpc) is 2.59. The van der Waals surface area contributed by atoms with Gasteiger partial charge >= 0.3 is 0 Å². The van der Waals surface area contributed by atoms with Crippen LogP contribution in [0.15, 0.2) is 24.3 Å². The lowest BCUT2D eigenvalue weighted by atomic mass is 9.88. The lowest BCUT2D eigenvalue weighted by Gasteiger charge is -2.39. The highest BCUT2D eigenvalue weighted by atomic mass is 35.5. The number of piperazine rings is 1. The summed E-state index contributed by atoms with van der Waals surface area (Å²) in [6, 6.07) is 5.58. The molecule has 8 heteroatoms. The van der Waals surface area contributed by atoms with Gasteiger partial charge in [0.1, 0.15) is 11.6 Å². The van der Waals surface area contributed by atoms with Crippen molar-refractivity contribution in [2.24, 2.45) is 11.8 Å². The minimum absolute atomic E-state index is 0. The molecule has 6 nitrogen and oxygen atoms in total. The van der Waals surface area contributed by atoms with Crippen LogP contribution < -0.4 is 10.1 Å². The molecule has 0 aliphatic carbocycles. The SMILES string of the molecule is CC(C(=O)N1CCN(C(=O)COc2ccc(F)cc2)CC1)C1CNC1.Cl. The molecule has 0 radical (unpaired) electrons. The molecule has 0 bridgehead atoms. The van der Waals surface area contributed by atoms with Gasteiger partial charge in [0.2, 0.25) is 5.91 Å². The molecule has 2 amide bonds. The number of hydrogen-bond donors (Lipinski definition) is 1. The van der Waals surface area contributed by atoms with Crippen LogP contribution in [0.1, 0.15) is 6.92 Å². The lowest BCUT2D eigenvalue weighted by molar-refractivity contribution is -0.144. The molecule has 2 saturated heterocycles. The van der Waals surface area contributed by atoms with Crippen LogP contribution in [0.4, 0.5) is 4.39 Å². The van der Waals surface area contributed by atoms with E-state index in [4.69, 9.17) is 4.74 Å². The maximum Gasteiger partial charge on any atom is 0.260 e. The predicted octanol–water partition coefficient (Wildman–Crippen LogP) is 1.15. The van der Waals surface area contributed by atoms with Crippen LogP contribution >= 0.6 is 12.4 Å². The number of halogens is 2. The molecule has 2 aliphatic heterocycles. The van der Waals surface area contributed by atoms with Gasteiger partial charge in [-0.05, 0) is 43.3 Å². The summed E-state index contributed by atoms with van der Waals surface area (Å²) in [4.78, 5) is 28.3. The minimum atomic E-state index is -0.341. The van der Waals surface area contributed by atoms with Crippen molar-refractivity contribution in [2.75, 3.05) is 45.9 Å². The van der Waals surface area contributed by atoms with E-state index < -0.39 is 0 Å². The van der Waals surface area contributed by atoms with Gasteiger partial charge in [-0.15, -0.1) is 12.4 Å². The second-order valence-electron chi connectivity index (χ2n) is 6.66. The predicted molar refractivity (Wildman–Crippen MR) is 97.8 cm³/mol. The Morgan fingerprint density at radius 3 is 2.27 bits per heavy atom. The molecule has 1 unspecified atom stereocenters. The van der Waals surface area contributed by atoms with Crippen molar-refractivity contribution in [1.29, 1.82) is 0 Å². The summed E-state index contributed by atoms with van der Waals surface area (Å²) in [5.41, 5.74) is 0. The second kappa shape index (κ2) is 9.19. The standard InChI is InChI=1S/C18H24FN3O3.ClH/c1-13(14-10-20-11-14)18(24)22-8-6-21(7-9-22)17(23)12-25-16-4-2-15(19)3-5-16;/h2-5,13-14,20H,6-12H2,1H3;1H. The van der Waals surface area contributed by atoms with E-state index in [0.29, 0.717) is 37.8 Å². The van der Waals surface area contributed by atoms with Crippen LogP contribution in [0.5, 0.6) is 5.75 Å². The molecule has 1 aromatic rings. The lowest BCUT2D eigenvalue weighted by Crippen LogP contribution is -2.55. The van der Waals surface area contributed by atoms with Gasteiger partial charge in [0.15, 0.2) is 6.61 Å². The van der Waals surface area contributed by atoms with Crippen LogP contribution in [-0.4, -0.2) is 67.5 Å². The van der Waals surface area contributed by atoms with Gasteiger partial charge in [-0.1, -0.05) is 6.92 Å². The maximum atomic E-state index is 12.8. The first-order valence-corrected chi connectivity index (χ1v) is 8.70. The van der Waals surface area contributed by atoms with Crippen molar-refractivity contribution in [2.45, 2.75) is 6.92 Å². The first kappa shape index (κ1) is 20.5. The summed E-state index contributed by atoms with van der Waals surface area (Å²) in [5, 5.41) is 3.19. The van der Waals surface area contributed by atoms with Crippen molar-refractivity contribution in [3.8, 4) is 5.75 Å². The van der Waals surface area contributed by atoms with E-state index in [2.05, 4.69) is 5.32 Å². The Balaban J connectivity index is 0.00000243. The quantitative estimate of drug-likeness (QED) is 0.826. The van der Waals surface area contributed by atoms with E-state index in [9.17, 15) is 14.0 Å². The van der Waals surface area contributed by atoms with E-state index in [-0.39, 0.29) is 42.6 Å². The fourth-order valence-corrected chi connectivity index (χ4v) is 3.10. The van der Waals surface area contributed by atoms with Gasteiger partial charge in [0, 0.05) is 32.1 Å². The molecule has 26 heavy (non-hydrogen) atoms. The molecule has 1 aromatic carbocycles. The molecule has 0 saturated carbocycles. The molecule has 2 fully saturated rings. The normalized spacial score (nSPS) is 18.5. The van der Waals surface area contributed by atoms with Crippen molar-refractivity contribution >= 4 is 24.2 Å². The minimum Gasteiger partial charge on any atom is -0.484 e. The zero-order valence-corrected chi connectivity index (χ0v) is 15.6. The Morgan fingerprint density at radius 1 is 1.15 bits per heavy atom. The fourth-order valence-electron chi connectivity index (χ4n) is 3.10. The first-order valence-electron chi connectivity index (χ1n) is 8.70. The molecular weight excluding hydrogens is 361 g/mol. The molecule has 3 rings (SSSR count). The molecule has 1 N–H and O–H groups in total. The van der Waals surface area contributed by atoms with Crippen molar-refractivity contribution < 1.29 is 18.7 Å². The number of rotatable bonds is 5. The zero-order chi connectivity index (χ0) is 17.8. The average molecular weight is 386 g/mol. The topological polar surface area (TPSA) is 61.9 Å². The summed E-state index contributed by atoms with van der Waals surface area (Å²) in [7, 11) is 0. The molecular formula is C18H25ClFN3O3. The Bertz CT molecular complexity index is 617. The smallest absolute Gasteiger partial charge is 0.260 e. The molecule has 0 aromatic heterocycles. The Labute approximate surface area is 159 Å². The van der Waals surface area contributed by atoms with E-state index in [1.165, 1.54) is 24.3 Å². The second-order valence-corrected chi connectivity index (χ2v) is 6.66.